The highest BCUT2D eigenvalue weighted by Crippen LogP contribution is 2.50. The molecule has 2 aliphatic rings. The summed E-state index contributed by atoms with van der Waals surface area (Å²) >= 11 is 1.63. The molecule has 1 saturated heterocycles. The molecule has 1 aliphatic heterocycles. The van der Waals surface area contributed by atoms with Crippen LogP contribution in [0, 0.1) is 5.41 Å². The van der Waals surface area contributed by atoms with Crippen molar-refractivity contribution in [2.24, 2.45) is 5.41 Å². The van der Waals surface area contributed by atoms with Crippen molar-refractivity contribution in [3.8, 4) is 0 Å². The number of hydrogen-bond donors (Lipinski definition) is 1. The number of amides is 1. The topological polar surface area (TPSA) is 62.7 Å². The summed E-state index contributed by atoms with van der Waals surface area (Å²) in [5.74, 6) is 0.148. The van der Waals surface area contributed by atoms with Gasteiger partial charge in [0.2, 0.25) is 5.91 Å². The predicted octanol–water partition coefficient (Wildman–Crippen LogP) is 2.03. The van der Waals surface area contributed by atoms with E-state index in [1.807, 2.05) is 17.2 Å². The Bertz CT molecular complexity index is 550. The Labute approximate surface area is 141 Å². The van der Waals surface area contributed by atoms with Crippen LogP contribution in [0.15, 0.2) is 5.38 Å². The Morgan fingerprint density at radius 3 is 2.78 bits per heavy atom. The lowest BCUT2D eigenvalue weighted by molar-refractivity contribution is -0.210. The number of aromatic nitrogens is 1. The molecule has 1 N–H and O–H groups in total. The van der Waals surface area contributed by atoms with Crippen molar-refractivity contribution in [2.45, 2.75) is 58.2 Å². The van der Waals surface area contributed by atoms with E-state index in [1.165, 1.54) is 0 Å². The van der Waals surface area contributed by atoms with E-state index >= 15 is 0 Å². The van der Waals surface area contributed by atoms with Crippen LogP contribution < -0.4 is 0 Å². The van der Waals surface area contributed by atoms with Crippen LogP contribution in [0.3, 0.4) is 0 Å². The number of rotatable bonds is 5. The predicted molar refractivity (Wildman–Crippen MR) is 89.5 cm³/mol. The molecule has 2 fully saturated rings. The highest BCUT2D eigenvalue weighted by molar-refractivity contribution is 7.09. The second-order valence-electron chi connectivity index (χ2n) is 6.57. The number of piperidine rings is 1. The minimum absolute atomic E-state index is 0.122. The number of ether oxygens (including phenoxy) is 1. The molecule has 128 valence electrons. The van der Waals surface area contributed by atoms with Crippen molar-refractivity contribution < 1.29 is 14.6 Å². The van der Waals surface area contributed by atoms with E-state index in [4.69, 9.17) is 4.74 Å². The highest BCUT2D eigenvalue weighted by Gasteiger charge is 2.56. The maximum Gasteiger partial charge on any atom is 0.228 e. The number of aryl methyl sites for hydroxylation is 1. The number of carbonyl (C=O) groups excluding carboxylic acids is 1. The normalized spacial score (nSPS) is 26.3. The first-order valence-corrected chi connectivity index (χ1v) is 9.47. The lowest BCUT2D eigenvalue weighted by atomic mass is 9.58. The van der Waals surface area contributed by atoms with Gasteiger partial charge in [0.25, 0.3) is 0 Å². The van der Waals surface area contributed by atoms with Crippen LogP contribution in [0.5, 0.6) is 0 Å². The Hall–Kier alpha value is -0.980. The molecule has 2 unspecified atom stereocenters. The van der Waals surface area contributed by atoms with Crippen molar-refractivity contribution in [1.82, 2.24) is 9.88 Å². The lowest BCUT2D eigenvalue weighted by Crippen LogP contribution is -2.62. The number of aliphatic hydroxyl groups excluding tert-OH is 1. The molecule has 2 heterocycles. The van der Waals surface area contributed by atoms with Gasteiger partial charge in [-0.2, -0.15) is 0 Å². The second-order valence-corrected chi connectivity index (χ2v) is 7.51. The third-order valence-corrected chi connectivity index (χ3v) is 6.43. The van der Waals surface area contributed by atoms with Gasteiger partial charge in [-0.25, -0.2) is 4.98 Å². The maximum atomic E-state index is 12.5. The van der Waals surface area contributed by atoms with E-state index in [-0.39, 0.29) is 23.5 Å². The second kappa shape index (κ2) is 6.87. The number of hydrogen-bond acceptors (Lipinski definition) is 5. The number of nitrogens with zero attached hydrogens (tertiary/aromatic N) is 2. The largest absolute Gasteiger partial charge is 0.392 e. The average Bonchev–Trinajstić information content (AvgIpc) is 3.02. The van der Waals surface area contributed by atoms with Crippen LogP contribution >= 0.6 is 11.3 Å². The maximum absolute atomic E-state index is 12.5. The molecular formula is C17H26N2O3S. The van der Waals surface area contributed by atoms with Gasteiger partial charge in [0.05, 0.1) is 29.3 Å². The van der Waals surface area contributed by atoms with Gasteiger partial charge in [0.1, 0.15) is 0 Å². The molecule has 3 rings (SSSR count). The van der Waals surface area contributed by atoms with E-state index in [1.54, 1.807) is 11.3 Å². The fourth-order valence-electron chi connectivity index (χ4n) is 3.85. The Balaban J connectivity index is 1.55. The monoisotopic (exact) mass is 338 g/mol. The lowest BCUT2D eigenvalue weighted by Gasteiger charge is -2.56. The van der Waals surface area contributed by atoms with Gasteiger partial charge in [-0.05, 0) is 26.2 Å². The standard InChI is InChI=1S/C17H26N2O3S/c1-3-15-18-12(11-23-15)9-16(21)19-7-5-17(6-8-19)13(20)10-14(17)22-4-2/h11,13-14,20H,3-10H2,1-2H3. The zero-order chi connectivity index (χ0) is 16.4. The zero-order valence-corrected chi connectivity index (χ0v) is 14.8. The van der Waals surface area contributed by atoms with E-state index in [9.17, 15) is 9.90 Å². The quantitative estimate of drug-likeness (QED) is 0.892. The third-order valence-electron chi connectivity index (χ3n) is 5.39. The van der Waals surface area contributed by atoms with Crippen molar-refractivity contribution in [1.29, 1.82) is 0 Å². The van der Waals surface area contributed by atoms with Crippen LogP contribution in [0.2, 0.25) is 0 Å². The van der Waals surface area contributed by atoms with Crippen molar-refractivity contribution in [2.75, 3.05) is 19.7 Å². The van der Waals surface area contributed by atoms with Crippen LogP contribution in [-0.2, 0) is 22.4 Å². The molecule has 0 radical (unpaired) electrons. The van der Waals surface area contributed by atoms with Gasteiger partial charge < -0.3 is 14.7 Å². The summed E-state index contributed by atoms with van der Waals surface area (Å²) in [5.41, 5.74) is 0.760. The molecule has 0 bridgehead atoms. The fourth-order valence-corrected chi connectivity index (χ4v) is 4.59. The van der Waals surface area contributed by atoms with Crippen molar-refractivity contribution in [3.63, 3.8) is 0 Å². The SMILES string of the molecule is CCOC1CC(O)C12CCN(C(=O)Cc1csc(CC)n1)CC2. The molecule has 6 heteroatoms. The van der Waals surface area contributed by atoms with E-state index in [0.29, 0.717) is 26.1 Å². The summed E-state index contributed by atoms with van der Waals surface area (Å²) in [6, 6.07) is 0. The minimum Gasteiger partial charge on any atom is -0.392 e. The summed E-state index contributed by atoms with van der Waals surface area (Å²) in [7, 11) is 0. The minimum atomic E-state index is -0.276. The summed E-state index contributed by atoms with van der Waals surface area (Å²) in [6.07, 6.45) is 3.60. The molecule has 5 nitrogen and oxygen atoms in total. The van der Waals surface area contributed by atoms with Crippen LogP contribution in [0.25, 0.3) is 0 Å². The van der Waals surface area contributed by atoms with Gasteiger partial charge in [0.15, 0.2) is 0 Å². The molecule has 1 aromatic rings. The average molecular weight is 338 g/mol. The number of aliphatic hydroxyl groups is 1. The van der Waals surface area contributed by atoms with Gasteiger partial charge >= 0.3 is 0 Å². The number of likely N-dealkylation sites (tertiary alicyclic amines) is 1. The number of thiazole rings is 1. The summed E-state index contributed by atoms with van der Waals surface area (Å²) < 4.78 is 5.78. The van der Waals surface area contributed by atoms with Crippen LogP contribution in [0.4, 0.5) is 0 Å². The Morgan fingerprint density at radius 2 is 2.22 bits per heavy atom. The first kappa shape index (κ1) is 16.9. The van der Waals surface area contributed by atoms with Gasteiger partial charge in [-0.3, -0.25) is 4.79 Å². The van der Waals surface area contributed by atoms with Crippen molar-refractivity contribution in [3.05, 3.63) is 16.1 Å². The van der Waals surface area contributed by atoms with E-state index in [0.717, 1.165) is 36.4 Å². The zero-order valence-electron chi connectivity index (χ0n) is 14.0. The Kier molecular flexibility index (Phi) is 5.04. The van der Waals surface area contributed by atoms with Gasteiger partial charge in [0, 0.05) is 36.9 Å². The molecule has 2 atom stereocenters. The highest BCUT2D eigenvalue weighted by atomic mass is 32.1. The molecule has 1 aromatic heterocycles. The third kappa shape index (κ3) is 3.16. The molecule has 23 heavy (non-hydrogen) atoms. The molecular weight excluding hydrogens is 312 g/mol. The molecule has 1 spiro atoms. The van der Waals surface area contributed by atoms with Crippen LogP contribution in [-0.4, -0.2) is 52.8 Å². The number of carbonyl (C=O) groups is 1. The molecule has 1 amide bonds. The van der Waals surface area contributed by atoms with Crippen LogP contribution in [0.1, 0.15) is 43.8 Å². The summed E-state index contributed by atoms with van der Waals surface area (Å²) in [6.45, 7) is 6.18. The van der Waals surface area contributed by atoms with E-state index in [2.05, 4.69) is 11.9 Å². The molecule has 0 aromatic carbocycles. The Morgan fingerprint density at radius 1 is 1.48 bits per heavy atom. The van der Waals surface area contributed by atoms with Gasteiger partial charge in [-0.15, -0.1) is 11.3 Å². The summed E-state index contributed by atoms with van der Waals surface area (Å²) in [5, 5.41) is 13.3. The first-order chi connectivity index (χ1) is 11.1. The smallest absolute Gasteiger partial charge is 0.228 e. The fraction of sp³-hybridized carbons (Fsp3) is 0.765. The first-order valence-electron chi connectivity index (χ1n) is 8.59. The van der Waals surface area contributed by atoms with Gasteiger partial charge in [-0.1, -0.05) is 6.92 Å². The summed E-state index contributed by atoms with van der Waals surface area (Å²) in [4.78, 5) is 18.9. The van der Waals surface area contributed by atoms with E-state index < -0.39 is 0 Å². The van der Waals surface area contributed by atoms with Crippen molar-refractivity contribution >= 4 is 17.2 Å². The molecule has 1 aliphatic carbocycles. The molecule has 1 saturated carbocycles.